The third kappa shape index (κ3) is 6.45. The quantitative estimate of drug-likeness (QED) is 0.203. The lowest BCUT2D eigenvalue weighted by Crippen LogP contribution is -2.45. The Morgan fingerprint density at radius 1 is 1.21 bits per heavy atom. The van der Waals surface area contributed by atoms with Gasteiger partial charge in [-0.25, -0.2) is 9.97 Å². The highest BCUT2D eigenvalue weighted by molar-refractivity contribution is 14.0. The van der Waals surface area contributed by atoms with Crippen molar-refractivity contribution < 1.29 is 4.79 Å². The maximum atomic E-state index is 12.8. The molecule has 0 aromatic carbocycles. The fraction of sp³-hybridized carbons (Fsp3) is 0.682. The van der Waals surface area contributed by atoms with Crippen molar-refractivity contribution in [1.82, 2.24) is 35.3 Å². The van der Waals surface area contributed by atoms with Crippen LogP contribution in [0, 0.1) is 5.92 Å². The average molecular weight is 569 g/mol. The van der Waals surface area contributed by atoms with Crippen LogP contribution in [0.15, 0.2) is 17.5 Å². The second kappa shape index (κ2) is 12.3. The van der Waals surface area contributed by atoms with Gasteiger partial charge in [-0.05, 0) is 26.2 Å². The van der Waals surface area contributed by atoms with Crippen LogP contribution < -0.4 is 16.0 Å². The highest BCUT2D eigenvalue weighted by atomic mass is 127. The number of hydrogen-bond acceptors (Lipinski definition) is 6. The molecule has 3 N–H and O–H groups in total. The lowest BCUT2D eigenvalue weighted by atomic mass is 9.88. The van der Waals surface area contributed by atoms with Crippen LogP contribution >= 0.6 is 24.0 Å². The molecule has 1 saturated heterocycles. The van der Waals surface area contributed by atoms with E-state index in [1.807, 2.05) is 11.9 Å². The van der Waals surface area contributed by atoms with Gasteiger partial charge in [-0.3, -0.25) is 14.5 Å². The van der Waals surface area contributed by atoms with Crippen LogP contribution in [0.4, 0.5) is 5.82 Å². The molecule has 3 heterocycles. The summed E-state index contributed by atoms with van der Waals surface area (Å²) in [5.41, 5.74) is 0.801. The van der Waals surface area contributed by atoms with Crippen molar-refractivity contribution >= 4 is 52.7 Å². The molecule has 2 fully saturated rings. The third-order valence-corrected chi connectivity index (χ3v) is 6.34. The number of fused-ring (bicyclic) bond motifs is 1. The number of nitrogens with one attached hydrogen (secondary N) is 3. The maximum Gasteiger partial charge on any atom is 0.225 e. The Morgan fingerprint density at radius 2 is 2.03 bits per heavy atom. The van der Waals surface area contributed by atoms with Gasteiger partial charge in [0.25, 0.3) is 0 Å². The minimum Gasteiger partial charge on any atom is -0.367 e. The minimum atomic E-state index is 0. The number of amides is 1. The fourth-order valence-corrected chi connectivity index (χ4v) is 4.64. The van der Waals surface area contributed by atoms with Crippen LogP contribution in [0.5, 0.6) is 0 Å². The van der Waals surface area contributed by atoms with Gasteiger partial charge >= 0.3 is 0 Å². The van der Waals surface area contributed by atoms with E-state index in [-0.39, 0.29) is 35.9 Å². The number of aryl methyl sites for hydroxylation is 1. The summed E-state index contributed by atoms with van der Waals surface area (Å²) in [6.45, 7) is 5.69. The molecular formula is C22H36IN9O. The molecule has 33 heavy (non-hydrogen) atoms. The first-order chi connectivity index (χ1) is 15.7. The number of aliphatic imine (C=N–C) groups is 1. The molecule has 1 aliphatic heterocycles. The summed E-state index contributed by atoms with van der Waals surface area (Å²) >= 11 is 0. The number of guanidine groups is 1. The lowest BCUT2D eigenvalue weighted by molar-refractivity contribution is -0.135. The summed E-state index contributed by atoms with van der Waals surface area (Å²) in [6.07, 6.45) is 10.0. The predicted octanol–water partition coefficient (Wildman–Crippen LogP) is 2.13. The van der Waals surface area contributed by atoms with E-state index in [9.17, 15) is 4.79 Å². The molecule has 2 aliphatic rings. The molecule has 1 aliphatic carbocycles. The molecule has 1 unspecified atom stereocenters. The van der Waals surface area contributed by atoms with E-state index in [2.05, 4.69) is 37.9 Å². The van der Waals surface area contributed by atoms with E-state index in [1.165, 1.54) is 19.3 Å². The Balaban J connectivity index is 0.00000306. The van der Waals surface area contributed by atoms with E-state index in [1.54, 1.807) is 17.2 Å². The molecule has 182 valence electrons. The highest BCUT2D eigenvalue weighted by Gasteiger charge is 2.31. The molecule has 2 aromatic rings. The van der Waals surface area contributed by atoms with Gasteiger partial charge in [0.05, 0.1) is 18.1 Å². The van der Waals surface area contributed by atoms with Gasteiger partial charge in [0.1, 0.15) is 12.1 Å². The summed E-state index contributed by atoms with van der Waals surface area (Å²) < 4.78 is 1.73. The number of carbonyl (C=O) groups is 1. The van der Waals surface area contributed by atoms with Gasteiger partial charge in [0.15, 0.2) is 11.6 Å². The number of hydrogen-bond donors (Lipinski definition) is 3. The van der Waals surface area contributed by atoms with Crippen LogP contribution in [0.3, 0.4) is 0 Å². The van der Waals surface area contributed by atoms with Gasteiger partial charge < -0.3 is 20.9 Å². The maximum absolute atomic E-state index is 12.8. The topological polar surface area (TPSA) is 112 Å². The number of rotatable bonds is 7. The van der Waals surface area contributed by atoms with Gasteiger partial charge in [-0.15, -0.1) is 24.0 Å². The Labute approximate surface area is 212 Å². The van der Waals surface area contributed by atoms with Gasteiger partial charge in [-0.1, -0.05) is 19.3 Å². The fourth-order valence-electron chi connectivity index (χ4n) is 4.64. The first-order valence-corrected chi connectivity index (χ1v) is 11.9. The lowest BCUT2D eigenvalue weighted by Gasteiger charge is -2.26. The molecule has 0 radical (unpaired) electrons. The minimum absolute atomic E-state index is 0. The number of halogens is 1. The normalized spacial score (nSPS) is 19.4. The summed E-state index contributed by atoms with van der Waals surface area (Å²) in [7, 11) is 1.87. The van der Waals surface area contributed by atoms with Crippen molar-refractivity contribution in [3.63, 3.8) is 0 Å². The molecular weight excluding hydrogens is 533 g/mol. The summed E-state index contributed by atoms with van der Waals surface area (Å²) in [5.74, 6) is 2.15. The van der Waals surface area contributed by atoms with E-state index >= 15 is 0 Å². The van der Waals surface area contributed by atoms with Gasteiger partial charge in [-0.2, -0.15) is 5.10 Å². The smallest absolute Gasteiger partial charge is 0.225 e. The van der Waals surface area contributed by atoms with Crippen molar-refractivity contribution in [2.24, 2.45) is 18.0 Å². The van der Waals surface area contributed by atoms with Crippen molar-refractivity contribution in [1.29, 1.82) is 0 Å². The van der Waals surface area contributed by atoms with Crippen molar-refractivity contribution in [2.45, 2.75) is 51.5 Å². The van der Waals surface area contributed by atoms with Crippen LogP contribution in [-0.4, -0.2) is 75.3 Å². The van der Waals surface area contributed by atoms with E-state index in [4.69, 9.17) is 4.99 Å². The number of nitrogens with zero attached hydrogens (tertiary/aromatic N) is 6. The summed E-state index contributed by atoms with van der Waals surface area (Å²) in [4.78, 5) is 28.2. The molecule has 11 heteroatoms. The third-order valence-electron chi connectivity index (χ3n) is 6.34. The molecule has 0 spiro atoms. The molecule has 0 bridgehead atoms. The van der Waals surface area contributed by atoms with Crippen LogP contribution in [0.1, 0.15) is 45.4 Å². The first kappa shape index (κ1) is 25.4. The standard InChI is InChI=1S/C22H35N9O.HI/c1-3-23-22(25-11-10-24-19-18-13-28-30(2)20(18)27-15-26-19)29-17-9-12-31(14-17)21(32)16-7-5-4-6-8-16;/h13,15-17H,3-12,14H2,1-2H3,(H2,23,25,29)(H,24,26,27);1H. The summed E-state index contributed by atoms with van der Waals surface area (Å²) in [5, 5.41) is 15.3. The van der Waals surface area contributed by atoms with Gasteiger partial charge in [0, 0.05) is 45.2 Å². The summed E-state index contributed by atoms with van der Waals surface area (Å²) in [6, 6.07) is 0.241. The monoisotopic (exact) mass is 569 g/mol. The Hall–Kier alpha value is -2.18. The van der Waals surface area contributed by atoms with Crippen LogP contribution in [0.25, 0.3) is 11.0 Å². The van der Waals surface area contributed by atoms with Crippen molar-refractivity contribution in [3.05, 3.63) is 12.5 Å². The number of likely N-dealkylation sites (tertiary alicyclic amines) is 1. The molecule has 1 saturated carbocycles. The van der Waals surface area contributed by atoms with Crippen LogP contribution in [0.2, 0.25) is 0 Å². The Bertz CT molecular complexity index is 941. The Morgan fingerprint density at radius 3 is 2.82 bits per heavy atom. The molecule has 1 atom stereocenters. The first-order valence-electron chi connectivity index (χ1n) is 11.9. The van der Waals surface area contributed by atoms with Crippen molar-refractivity contribution in [2.75, 3.05) is 38.0 Å². The second-order valence-corrected chi connectivity index (χ2v) is 8.66. The number of carbonyl (C=O) groups excluding carboxylic acids is 1. The molecule has 1 amide bonds. The zero-order valence-corrected chi connectivity index (χ0v) is 21.9. The molecule has 10 nitrogen and oxygen atoms in total. The molecule has 4 rings (SSSR count). The van der Waals surface area contributed by atoms with Gasteiger partial charge in [0.2, 0.25) is 5.91 Å². The SMILES string of the molecule is CCNC(=NCCNc1ncnc2c1cnn2C)NC1CCN(C(=O)C2CCCCC2)C1.I. The number of aromatic nitrogens is 4. The average Bonchev–Trinajstić information content (AvgIpc) is 3.44. The zero-order chi connectivity index (χ0) is 22.3. The molecule has 2 aromatic heterocycles. The largest absolute Gasteiger partial charge is 0.367 e. The van der Waals surface area contributed by atoms with Crippen LogP contribution in [-0.2, 0) is 11.8 Å². The Kier molecular flexibility index (Phi) is 9.51. The second-order valence-electron chi connectivity index (χ2n) is 8.66. The van der Waals surface area contributed by atoms with E-state index < -0.39 is 0 Å². The van der Waals surface area contributed by atoms with Crippen molar-refractivity contribution in [3.8, 4) is 0 Å². The highest BCUT2D eigenvalue weighted by Crippen LogP contribution is 2.26. The van der Waals surface area contributed by atoms with E-state index in [0.717, 1.165) is 61.7 Å². The number of anilines is 1. The van der Waals surface area contributed by atoms with E-state index in [0.29, 0.717) is 19.0 Å². The predicted molar refractivity (Wildman–Crippen MR) is 141 cm³/mol. The zero-order valence-electron chi connectivity index (χ0n) is 19.6.